The van der Waals surface area contributed by atoms with Gasteiger partial charge in [0.2, 0.25) is 65.0 Å². The molecule has 0 aliphatic carbocycles. The molecular formula is C63H91N13O14. The molecule has 3 aromatic rings. The molecule has 1 saturated heterocycles. The summed E-state index contributed by atoms with van der Waals surface area (Å²) in [6, 6.07) is 9.29. The molecule has 1 heterocycles. The van der Waals surface area contributed by atoms with Gasteiger partial charge in [-0.25, -0.2) is 4.79 Å². The van der Waals surface area contributed by atoms with E-state index in [4.69, 9.17) is 17.2 Å². The van der Waals surface area contributed by atoms with E-state index in [2.05, 4.69) is 53.2 Å². The van der Waals surface area contributed by atoms with Crippen molar-refractivity contribution in [2.45, 2.75) is 179 Å². The minimum absolute atomic E-state index is 0.0281. The van der Waals surface area contributed by atoms with Crippen LogP contribution in [0.1, 0.15) is 116 Å². The Hall–Kier alpha value is -8.98. The number of benzene rings is 3. The van der Waals surface area contributed by atoms with E-state index in [0.717, 1.165) is 6.42 Å². The Morgan fingerprint density at radius 2 is 0.900 bits per heavy atom. The monoisotopic (exact) mass is 1250 g/mol. The average Bonchev–Trinajstić information content (AvgIpc) is 1.47. The molecule has 18 N–H and O–H groups in total. The predicted molar refractivity (Wildman–Crippen MR) is 332 cm³/mol. The van der Waals surface area contributed by atoms with Gasteiger partial charge in [0.05, 0.1) is 12.5 Å². The van der Waals surface area contributed by atoms with Gasteiger partial charge in [-0.3, -0.25) is 52.7 Å². The number of rotatable bonds is 38. The van der Waals surface area contributed by atoms with Crippen molar-refractivity contribution in [2.24, 2.45) is 35.0 Å². The zero-order valence-corrected chi connectivity index (χ0v) is 52.0. The molecule has 0 spiro atoms. The number of phenolic OH excluding ortho intramolecular Hbond substituents is 1. The van der Waals surface area contributed by atoms with Crippen LogP contribution in [-0.4, -0.2) is 155 Å². The molecule has 4 rings (SSSR count). The number of aliphatic carboxylic acids is 1. The standard InChI is InChI=1S/C63H91N13O14/c1-35(2)29-45(70-54(80)42-20-14-28-67-42)57(83)73-47(31-38-15-9-7-10-16-38)59(85)74-49(34-52(66)79)60(86)68-44(25-26-51(65)78)56(82)72-48(32-40-21-23-41(77)24-22-40)61(87)76-53(37(5)6)62(88)69-43(19-13-27-64)55(81)71-46(30-36(3)4)58(84)75-50(63(89)90)33-39-17-11-8-12-18-39/h7-12,15-18,21-24,35-37,42-50,53,67,77H,13-14,19-20,25-34,64H2,1-6H3,(H2,65,78)(H2,66,79)(H,68,86)(H,69,88)(H,70,80)(H,71,81)(H,72,82)(H,73,83)(H,74,85)(H,75,84)(H,76,87)(H,89,90)/t42-,43-,44-,45-,46-,47-,48-,49-,50-,53-/m0/s1. The van der Waals surface area contributed by atoms with Crippen LogP contribution in [-0.2, 0) is 76.8 Å². The Kier molecular flexibility index (Phi) is 30.3. The number of carbonyl (C=O) groups is 12. The molecule has 3 aromatic carbocycles. The largest absolute Gasteiger partial charge is 0.508 e. The van der Waals surface area contributed by atoms with E-state index in [1.54, 1.807) is 88.4 Å². The molecule has 27 nitrogen and oxygen atoms in total. The van der Waals surface area contributed by atoms with Crippen molar-refractivity contribution < 1.29 is 67.7 Å². The lowest BCUT2D eigenvalue weighted by molar-refractivity contribution is -0.142. The van der Waals surface area contributed by atoms with Crippen molar-refractivity contribution in [3.63, 3.8) is 0 Å². The Labute approximate surface area is 524 Å². The maximum Gasteiger partial charge on any atom is 0.326 e. The van der Waals surface area contributed by atoms with Gasteiger partial charge in [0.15, 0.2) is 0 Å². The fourth-order valence-electron chi connectivity index (χ4n) is 10.0. The van der Waals surface area contributed by atoms with Crippen LogP contribution in [0.25, 0.3) is 0 Å². The summed E-state index contributed by atoms with van der Waals surface area (Å²) in [5.74, 6) is -12.0. The van der Waals surface area contributed by atoms with Crippen LogP contribution in [0, 0.1) is 17.8 Å². The number of hydrogen-bond donors (Lipinski definition) is 15. The van der Waals surface area contributed by atoms with Gasteiger partial charge in [-0.15, -0.1) is 0 Å². The van der Waals surface area contributed by atoms with Crippen molar-refractivity contribution in [3.05, 3.63) is 102 Å². The third-order valence-electron chi connectivity index (χ3n) is 14.8. The number of phenols is 1. The summed E-state index contributed by atoms with van der Waals surface area (Å²) >= 11 is 0. The number of hydrogen-bond acceptors (Lipinski definition) is 15. The summed E-state index contributed by atoms with van der Waals surface area (Å²) in [4.78, 5) is 165. The highest BCUT2D eigenvalue weighted by Gasteiger charge is 2.38. The van der Waals surface area contributed by atoms with Gasteiger partial charge in [0.25, 0.3) is 0 Å². The molecule has 0 aromatic heterocycles. The zero-order chi connectivity index (χ0) is 66.6. The van der Waals surface area contributed by atoms with Gasteiger partial charge in [-0.1, -0.05) is 114 Å². The van der Waals surface area contributed by atoms with E-state index in [1.165, 1.54) is 24.3 Å². The molecule has 90 heavy (non-hydrogen) atoms. The second kappa shape index (κ2) is 37.1. The lowest BCUT2D eigenvalue weighted by Gasteiger charge is -2.29. The molecule has 1 aliphatic heterocycles. The van der Waals surface area contributed by atoms with E-state index in [9.17, 15) is 67.7 Å². The first-order chi connectivity index (χ1) is 42.6. The molecule has 0 unspecified atom stereocenters. The molecule has 10 atom stereocenters. The number of primary amides is 2. The van der Waals surface area contributed by atoms with Gasteiger partial charge < -0.3 is 80.6 Å². The lowest BCUT2D eigenvalue weighted by Crippen LogP contribution is -2.61. The van der Waals surface area contributed by atoms with Gasteiger partial charge in [0, 0.05) is 25.7 Å². The Balaban J connectivity index is 1.60. The van der Waals surface area contributed by atoms with Gasteiger partial charge in [-0.2, -0.15) is 0 Å². The second-order valence-corrected chi connectivity index (χ2v) is 23.8. The van der Waals surface area contributed by atoms with E-state index < -0.39 is 151 Å². The molecule has 11 amide bonds. The third-order valence-corrected chi connectivity index (χ3v) is 14.8. The highest BCUT2D eigenvalue weighted by Crippen LogP contribution is 2.16. The van der Waals surface area contributed by atoms with Crippen LogP contribution in [0.3, 0.4) is 0 Å². The van der Waals surface area contributed by atoms with E-state index in [-0.39, 0.29) is 75.0 Å². The fourth-order valence-corrected chi connectivity index (χ4v) is 10.0. The van der Waals surface area contributed by atoms with Crippen molar-refractivity contribution in [1.29, 1.82) is 0 Å². The first kappa shape index (κ1) is 73.5. The lowest BCUT2D eigenvalue weighted by atomic mass is 9.99. The topological polar surface area (TPSA) is 444 Å². The smallest absolute Gasteiger partial charge is 0.326 e. The maximum atomic E-state index is 14.6. The predicted octanol–water partition coefficient (Wildman–Crippen LogP) is -0.752. The Bertz CT molecular complexity index is 2910. The number of nitrogens with one attached hydrogen (secondary N) is 10. The number of nitrogens with two attached hydrogens (primary N) is 3. The number of aromatic hydroxyl groups is 1. The van der Waals surface area contributed by atoms with Crippen molar-refractivity contribution in [2.75, 3.05) is 13.1 Å². The summed E-state index contributed by atoms with van der Waals surface area (Å²) in [5, 5.41) is 46.8. The third kappa shape index (κ3) is 25.6. The number of carboxylic acids is 1. The van der Waals surface area contributed by atoms with Crippen LogP contribution < -0.4 is 70.4 Å². The summed E-state index contributed by atoms with van der Waals surface area (Å²) in [6.45, 7) is 11.2. The van der Waals surface area contributed by atoms with Crippen molar-refractivity contribution >= 4 is 70.9 Å². The molecule has 1 aliphatic rings. The molecular weight excluding hydrogens is 1160 g/mol. The molecule has 0 bridgehead atoms. The fraction of sp³-hybridized carbons (Fsp3) is 0.524. The van der Waals surface area contributed by atoms with Crippen molar-refractivity contribution in [1.82, 2.24) is 53.2 Å². The van der Waals surface area contributed by atoms with E-state index in [0.29, 0.717) is 29.7 Å². The van der Waals surface area contributed by atoms with Crippen LogP contribution in [0.5, 0.6) is 5.75 Å². The van der Waals surface area contributed by atoms with Gasteiger partial charge in [0.1, 0.15) is 60.1 Å². The number of carboxylic acid groups (broad SMARTS) is 1. The zero-order valence-electron chi connectivity index (χ0n) is 52.0. The minimum Gasteiger partial charge on any atom is -0.508 e. The number of carbonyl (C=O) groups excluding carboxylic acids is 11. The first-order valence-electron chi connectivity index (χ1n) is 30.5. The number of amides is 11. The van der Waals surface area contributed by atoms with Crippen LogP contribution in [0.2, 0.25) is 0 Å². The van der Waals surface area contributed by atoms with Gasteiger partial charge in [-0.05, 0) is 105 Å². The first-order valence-corrected chi connectivity index (χ1v) is 30.5. The Morgan fingerprint density at radius 3 is 1.37 bits per heavy atom. The van der Waals surface area contributed by atoms with Crippen LogP contribution >= 0.6 is 0 Å². The SMILES string of the molecule is CC(C)C[C@H](NC(=O)[C@H](CCCN)NC(=O)[C@@H](NC(=O)[C@H](Cc1ccc(O)cc1)NC(=O)[C@H](CCC(N)=O)NC(=O)[C@H](CC(N)=O)NC(=O)[C@H](Cc1ccccc1)NC(=O)[C@H](CC(C)C)NC(=O)[C@@H]1CCCN1)C(C)C)C(=O)N[C@@H](Cc1ccccc1)C(=O)O. The summed E-state index contributed by atoms with van der Waals surface area (Å²) in [7, 11) is 0. The highest BCUT2D eigenvalue weighted by atomic mass is 16.4. The highest BCUT2D eigenvalue weighted by molar-refractivity contribution is 6.00. The van der Waals surface area contributed by atoms with Crippen molar-refractivity contribution in [3.8, 4) is 5.75 Å². The Morgan fingerprint density at radius 1 is 0.489 bits per heavy atom. The summed E-state index contributed by atoms with van der Waals surface area (Å²) in [6.07, 6.45) is -0.491. The minimum atomic E-state index is -1.81. The van der Waals surface area contributed by atoms with E-state index in [1.807, 2.05) is 13.8 Å². The van der Waals surface area contributed by atoms with E-state index >= 15 is 0 Å². The molecule has 27 heteroatoms. The molecule has 492 valence electrons. The molecule has 1 fully saturated rings. The maximum absolute atomic E-state index is 14.6. The quantitative estimate of drug-likeness (QED) is 0.0336. The second-order valence-electron chi connectivity index (χ2n) is 23.8. The summed E-state index contributed by atoms with van der Waals surface area (Å²) in [5.41, 5.74) is 18.6. The van der Waals surface area contributed by atoms with Gasteiger partial charge >= 0.3 is 5.97 Å². The van der Waals surface area contributed by atoms with Crippen LogP contribution in [0.15, 0.2) is 84.9 Å². The molecule has 0 saturated carbocycles. The molecule has 0 radical (unpaired) electrons. The average molecular weight is 1250 g/mol. The normalized spacial score (nSPS) is 15.9. The van der Waals surface area contributed by atoms with Crippen LogP contribution in [0.4, 0.5) is 0 Å². The summed E-state index contributed by atoms with van der Waals surface area (Å²) < 4.78 is 0.